The minimum absolute atomic E-state index is 0.0642. The molecule has 3 aromatic rings. The number of nitrogens with one attached hydrogen (secondary N) is 2. The number of benzene rings is 2. The molecule has 0 saturated carbocycles. The maximum atomic E-state index is 12.9. The molecule has 0 aliphatic rings. The molecule has 0 radical (unpaired) electrons. The maximum absolute atomic E-state index is 12.9. The van der Waals surface area contributed by atoms with Crippen molar-refractivity contribution < 1.29 is 14.0 Å². The van der Waals surface area contributed by atoms with Crippen molar-refractivity contribution in [1.82, 2.24) is 20.4 Å². The quantitative estimate of drug-likeness (QED) is 0.520. The van der Waals surface area contributed by atoms with E-state index in [1.165, 1.54) is 12.1 Å². The molecule has 0 aliphatic carbocycles. The number of carbonyl (C=O) groups excluding carboxylic acids is 2. The molecular formula is C23H24ClFN4O2. The second-order valence-corrected chi connectivity index (χ2v) is 7.83. The molecule has 31 heavy (non-hydrogen) atoms. The number of hydrogen-bond acceptors (Lipinski definition) is 3. The summed E-state index contributed by atoms with van der Waals surface area (Å²) in [5.74, 6) is -0.725. The van der Waals surface area contributed by atoms with Crippen molar-refractivity contribution in [2.75, 3.05) is 13.1 Å². The Morgan fingerprint density at radius 1 is 1.03 bits per heavy atom. The van der Waals surface area contributed by atoms with Crippen molar-refractivity contribution in [3.63, 3.8) is 0 Å². The molecule has 2 aromatic carbocycles. The third-order valence-electron chi connectivity index (χ3n) is 4.68. The molecule has 0 fully saturated rings. The molecule has 2 amide bonds. The molecule has 0 unspecified atom stereocenters. The zero-order valence-electron chi connectivity index (χ0n) is 17.4. The Hall–Kier alpha value is -3.19. The first-order valence-corrected chi connectivity index (χ1v) is 10.4. The van der Waals surface area contributed by atoms with Crippen molar-refractivity contribution >= 4 is 23.4 Å². The fraction of sp³-hybridized carbons (Fsp3) is 0.261. The predicted octanol–water partition coefficient (Wildman–Crippen LogP) is 3.88. The van der Waals surface area contributed by atoms with Gasteiger partial charge in [-0.2, -0.15) is 5.10 Å². The van der Waals surface area contributed by atoms with Crippen LogP contribution in [-0.2, 0) is 11.2 Å². The summed E-state index contributed by atoms with van der Waals surface area (Å²) in [6.45, 7) is 4.55. The van der Waals surface area contributed by atoms with Gasteiger partial charge in [0, 0.05) is 18.1 Å². The SMILES string of the molecule is CC(C)c1c(C(=O)NCCNC(=O)Cc2ccc(F)cc2)cnn1-c1ccc(Cl)cc1. The highest BCUT2D eigenvalue weighted by molar-refractivity contribution is 6.30. The lowest BCUT2D eigenvalue weighted by Crippen LogP contribution is -2.35. The van der Waals surface area contributed by atoms with E-state index in [1.54, 1.807) is 35.1 Å². The van der Waals surface area contributed by atoms with Crippen molar-refractivity contribution in [1.29, 1.82) is 0 Å². The van der Waals surface area contributed by atoms with Gasteiger partial charge in [-0.05, 0) is 47.9 Å². The van der Waals surface area contributed by atoms with E-state index in [0.29, 0.717) is 10.6 Å². The van der Waals surface area contributed by atoms with Gasteiger partial charge >= 0.3 is 0 Å². The Morgan fingerprint density at radius 3 is 2.32 bits per heavy atom. The Morgan fingerprint density at radius 2 is 1.68 bits per heavy atom. The van der Waals surface area contributed by atoms with Gasteiger partial charge in [-0.25, -0.2) is 9.07 Å². The highest BCUT2D eigenvalue weighted by Crippen LogP contribution is 2.24. The minimum atomic E-state index is -0.341. The number of carbonyl (C=O) groups is 2. The molecule has 1 heterocycles. The molecule has 3 rings (SSSR count). The number of aromatic nitrogens is 2. The summed E-state index contributed by atoms with van der Waals surface area (Å²) < 4.78 is 14.7. The summed E-state index contributed by atoms with van der Waals surface area (Å²) in [6, 6.07) is 13.0. The van der Waals surface area contributed by atoms with E-state index >= 15 is 0 Å². The highest BCUT2D eigenvalue weighted by atomic mass is 35.5. The Balaban J connectivity index is 1.56. The van der Waals surface area contributed by atoms with Crippen LogP contribution in [0.1, 0.15) is 41.4 Å². The van der Waals surface area contributed by atoms with Gasteiger partial charge in [-0.3, -0.25) is 9.59 Å². The van der Waals surface area contributed by atoms with E-state index in [4.69, 9.17) is 11.6 Å². The average molecular weight is 443 g/mol. The van der Waals surface area contributed by atoms with Crippen LogP contribution in [0.3, 0.4) is 0 Å². The first kappa shape index (κ1) is 22.5. The summed E-state index contributed by atoms with van der Waals surface area (Å²) in [6.07, 6.45) is 1.70. The van der Waals surface area contributed by atoms with Crippen molar-refractivity contribution in [2.45, 2.75) is 26.2 Å². The zero-order valence-corrected chi connectivity index (χ0v) is 18.1. The Labute approximate surface area is 185 Å². The fourth-order valence-corrected chi connectivity index (χ4v) is 3.33. The van der Waals surface area contributed by atoms with Gasteiger partial charge in [0.1, 0.15) is 5.82 Å². The predicted molar refractivity (Wildman–Crippen MR) is 118 cm³/mol. The van der Waals surface area contributed by atoms with Crippen molar-refractivity contribution in [3.8, 4) is 5.69 Å². The smallest absolute Gasteiger partial charge is 0.254 e. The number of halogens is 2. The lowest BCUT2D eigenvalue weighted by molar-refractivity contribution is -0.120. The van der Waals surface area contributed by atoms with Crippen molar-refractivity contribution in [3.05, 3.63) is 82.4 Å². The highest BCUT2D eigenvalue weighted by Gasteiger charge is 2.20. The molecular weight excluding hydrogens is 419 g/mol. The fourth-order valence-electron chi connectivity index (χ4n) is 3.20. The standard InChI is InChI=1S/C23H24ClFN4O2/c1-15(2)22-20(14-28-29(22)19-9-5-17(24)6-10-19)23(31)27-12-11-26-21(30)13-16-3-7-18(25)8-4-16/h3-10,14-15H,11-13H2,1-2H3,(H,26,30)(H,27,31). The first-order chi connectivity index (χ1) is 14.8. The first-order valence-electron chi connectivity index (χ1n) is 9.98. The van der Waals surface area contributed by atoms with Gasteiger partial charge < -0.3 is 10.6 Å². The summed E-state index contributed by atoms with van der Waals surface area (Å²) in [4.78, 5) is 24.7. The van der Waals surface area contributed by atoms with Crippen molar-refractivity contribution in [2.24, 2.45) is 0 Å². The third kappa shape index (κ3) is 5.92. The van der Waals surface area contributed by atoms with Crippen LogP contribution < -0.4 is 10.6 Å². The van der Waals surface area contributed by atoms with Crippen LogP contribution in [-0.4, -0.2) is 34.7 Å². The van der Waals surface area contributed by atoms with E-state index in [0.717, 1.165) is 16.9 Å². The van der Waals surface area contributed by atoms with E-state index in [-0.39, 0.29) is 43.1 Å². The summed E-state index contributed by atoms with van der Waals surface area (Å²) in [5.41, 5.74) is 2.82. The van der Waals surface area contributed by atoms with E-state index in [1.807, 2.05) is 26.0 Å². The van der Waals surface area contributed by atoms with Gasteiger partial charge in [0.15, 0.2) is 0 Å². The van der Waals surface area contributed by atoms with Crippen LogP contribution in [0.4, 0.5) is 4.39 Å². The van der Waals surface area contributed by atoms with E-state index < -0.39 is 0 Å². The molecule has 8 heteroatoms. The number of nitrogens with zero attached hydrogens (tertiary/aromatic N) is 2. The Kier molecular flexibility index (Phi) is 7.41. The van der Waals surface area contributed by atoms with Crippen LogP contribution in [0.2, 0.25) is 5.02 Å². The van der Waals surface area contributed by atoms with Crippen LogP contribution in [0.15, 0.2) is 54.7 Å². The minimum Gasteiger partial charge on any atom is -0.354 e. The normalized spacial score (nSPS) is 10.9. The van der Waals surface area contributed by atoms with Crippen LogP contribution in [0.5, 0.6) is 0 Å². The number of hydrogen-bond donors (Lipinski definition) is 2. The summed E-state index contributed by atoms with van der Waals surface area (Å²) in [5, 5.41) is 10.6. The molecule has 0 saturated heterocycles. The number of amides is 2. The molecule has 2 N–H and O–H groups in total. The topological polar surface area (TPSA) is 76.0 Å². The summed E-state index contributed by atoms with van der Waals surface area (Å²) in [7, 11) is 0. The van der Waals surface area contributed by atoms with E-state index in [2.05, 4.69) is 15.7 Å². The molecule has 0 atom stereocenters. The zero-order chi connectivity index (χ0) is 22.4. The molecule has 1 aromatic heterocycles. The third-order valence-corrected chi connectivity index (χ3v) is 4.93. The van der Waals surface area contributed by atoms with Crippen LogP contribution >= 0.6 is 11.6 Å². The van der Waals surface area contributed by atoms with E-state index in [9.17, 15) is 14.0 Å². The van der Waals surface area contributed by atoms with Crippen LogP contribution in [0, 0.1) is 5.82 Å². The van der Waals surface area contributed by atoms with Gasteiger partial charge in [0.2, 0.25) is 5.91 Å². The van der Waals surface area contributed by atoms with Gasteiger partial charge in [0.25, 0.3) is 5.91 Å². The lowest BCUT2D eigenvalue weighted by Gasteiger charge is -2.13. The monoisotopic (exact) mass is 442 g/mol. The molecule has 162 valence electrons. The maximum Gasteiger partial charge on any atom is 0.254 e. The molecule has 0 aliphatic heterocycles. The van der Waals surface area contributed by atoms with Crippen LogP contribution in [0.25, 0.3) is 5.69 Å². The average Bonchev–Trinajstić information content (AvgIpc) is 3.19. The second kappa shape index (κ2) is 10.2. The van der Waals surface area contributed by atoms with Gasteiger partial charge in [-0.1, -0.05) is 37.6 Å². The Bertz CT molecular complexity index is 1050. The summed E-state index contributed by atoms with van der Waals surface area (Å²) >= 11 is 5.96. The molecule has 0 bridgehead atoms. The molecule has 0 spiro atoms. The largest absolute Gasteiger partial charge is 0.354 e. The molecule has 6 nitrogen and oxygen atoms in total. The lowest BCUT2D eigenvalue weighted by atomic mass is 10.1. The van der Waals surface area contributed by atoms with Gasteiger partial charge in [0.05, 0.1) is 29.6 Å². The number of rotatable bonds is 8. The second-order valence-electron chi connectivity index (χ2n) is 7.40. The van der Waals surface area contributed by atoms with Gasteiger partial charge in [-0.15, -0.1) is 0 Å².